The monoisotopic (exact) mass is 344 g/mol. The van der Waals surface area contributed by atoms with Gasteiger partial charge >= 0.3 is 0 Å². The van der Waals surface area contributed by atoms with Crippen molar-refractivity contribution < 1.29 is 14.6 Å². The van der Waals surface area contributed by atoms with E-state index < -0.39 is 0 Å². The van der Waals surface area contributed by atoms with Crippen molar-refractivity contribution in [1.29, 1.82) is 0 Å². The van der Waals surface area contributed by atoms with Crippen LogP contribution in [0.5, 0.6) is 5.88 Å². The first kappa shape index (κ1) is 17.1. The molecule has 132 valence electrons. The van der Waals surface area contributed by atoms with E-state index in [4.69, 9.17) is 4.74 Å². The molecule has 1 saturated carbocycles. The highest BCUT2D eigenvalue weighted by Gasteiger charge is 2.36. The number of ether oxygens (including phenoxy) is 1. The van der Waals surface area contributed by atoms with Crippen LogP contribution < -0.4 is 15.6 Å². The first-order chi connectivity index (χ1) is 12.0. The number of amides is 1. The molecule has 0 aromatic carbocycles. The number of carbonyl (C=O) groups is 1. The summed E-state index contributed by atoms with van der Waals surface area (Å²) in [5.74, 6) is 0.224. The minimum Gasteiger partial charge on any atom is -0.481 e. The van der Waals surface area contributed by atoms with Crippen LogP contribution in [-0.4, -0.2) is 39.0 Å². The summed E-state index contributed by atoms with van der Waals surface area (Å²) in [4.78, 5) is 28.1. The van der Waals surface area contributed by atoms with E-state index >= 15 is 0 Å². The summed E-state index contributed by atoms with van der Waals surface area (Å²) in [6, 6.07) is 5.98. The van der Waals surface area contributed by atoms with Gasteiger partial charge in [-0.15, -0.1) is 0 Å². The largest absolute Gasteiger partial charge is 0.481 e. The highest BCUT2D eigenvalue weighted by molar-refractivity contribution is 5.92. The highest BCUT2D eigenvalue weighted by Crippen LogP contribution is 2.38. The average Bonchev–Trinajstić information content (AvgIpc) is 2.59. The van der Waals surface area contributed by atoms with Crippen molar-refractivity contribution in [3.8, 4) is 5.88 Å². The summed E-state index contributed by atoms with van der Waals surface area (Å²) in [5, 5.41) is 16.5. The van der Waals surface area contributed by atoms with Gasteiger partial charge in [-0.2, -0.15) is 5.10 Å². The molecule has 2 N–H and O–H groups in total. The van der Waals surface area contributed by atoms with Crippen LogP contribution in [0.1, 0.15) is 34.9 Å². The third kappa shape index (κ3) is 3.69. The second kappa shape index (κ2) is 7.02. The number of aryl methyl sites for hydroxylation is 1. The zero-order valence-corrected chi connectivity index (χ0v) is 14.0. The first-order valence-corrected chi connectivity index (χ1v) is 8.01. The lowest BCUT2D eigenvalue weighted by Crippen LogP contribution is -2.42. The summed E-state index contributed by atoms with van der Waals surface area (Å²) in [6.45, 7) is 0. The molecular formula is C17H20N4O4. The summed E-state index contributed by atoms with van der Waals surface area (Å²) in [5.41, 5.74) is 0.707. The Hall–Kier alpha value is -2.74. The normalized spacial score (nSPS) is 20.4. The molecule has 8 nitrogen and oxygen atoms in total. The van der Waals surface area contributed by atoms with Gasteiger partial charge in [-0.3, -0.25) is 9.59 Å². The lowest BCUT2D eigenvalue weighted by atomic mass is 9.75. The van der Waals surface area contributed by atoms with Gasteiger partial charge < -0.3 is 15.2 Å². The number of aromatic nitrogens is 3. The predicted octanol–water partition coefficient (Wildman–Crippen LogP) is 0.426. The van der Waals surface area contributed by atoms with Gasteiger partial charge in [-0.05, 0) is 30.4 Å². The van der Waals surface area contributed by atoms with Crippen molar-refractivity contribution in [2.75, 3.05) is 7.11 Å². The van der Waals surface area contributed by atoms with Crippen LogP contribution in [-0.2, 0) is 7.05 Å². The number of pyridine rings is 1. The molecule has 0 spiro atoms. The molecule has 1 amide bonds. The maximum atomic E-state index is 12.5. The van der Waals surface area contributed by atoms with Gasteiger partial charge in [0.1, 0.15) is 5.69 Å². The molecule has 0 radical (unpaired) electrons. The zero-order chi connectivity index (χ0) is 18.0. The Bertz CT molecular complexity index is 812. The fourth-order valence-electron chi connectivity index (χ4n) is 2.91. The Morgan fingerprint density at radius 1 is 1.36 bits per heavy atom. The molecular weight excluding hydrogens is 324 g/mol. The summed E-state index contributed by atoms with van der Waals surface area (Å²) in [6.07, 6.45) is 2.53. The predicted molar refractivity (Wildman–Crippen MR) is 89.2 cm³/mol. The average molecular weight is 344 g/mol. The first-order valence-electron chi connectivity index (χ1n) is 8.01. The zero-order valence-electron chi connectivity index (χ0n) is 14.0. The Labute approximate surface area is 144 Å². The van der Waals surface area contributed by atoms with Crippen molar-refractivity contribution in [2.24, 2.45) is 13.0 Å². The number of aliphatic hydroxyl groups excluding tert-OH is 1. The van der Waals surface area contributed by atoms with Gasteiger partial charge in [0.25, 0.3) is 11.5 Å². The van der Waals surface area contributed by atoms with Crippen molar-refractivity contribution in [2.45, 2.75) is 25.0 Å². The van der Waals surface area contributed by atoms with Crippen molar-refractivity contribution >= 4 is 5.91 Å². The van der Waals surface area contributed by atoms with E-state index in [1.165, 1.54) is 26.3 Å². The smallest absolute Gasteiger partial charge is 0.272 e. The third-order valence-electron chi connectivity index (χ3n) is 4.43. The van der Waals surface area contributed by atoms with E-state index in [2.05, 4.69) is 15.4 Å². The molecule has 25 heavy (non-hydrogen) atoms. The maximum Gasteiger partial charge on any atom is 0.272 e. The molecule has 0 saturated heterocycles. The second-order valence-corrected chi connectivity index (χ2v) is 6.15. The Morgan fingerprint density at radius 2 is 2.12 bits per heavy atom. The molecule has 8 heteroatoms. The molecule has 1 atom stereocenters. The Morgan fingerprint density at radius 3 is 2.68 bits per heavy atom. The Balaban J connectivity index is 1.82. The molecule has 0 bridgehead atoms. The number of aliphatic hydroxyl groups is 1. The van der Waals surface area contributed by atoms with Gasteiger partial charge in [0.2, 0.25) is 5.88 Å². The molecule has 1 aliphatic carbocycles. The molecule has 2 aromatic rings. The lowest BCUT2D eigenvalue weighted by molar-refractivity contribution is 0.0234. The summed E-state index contributed by atoms with van der Waals surface area (Å²) >= 11 is 0. The van der Waals surface area contributed by atoms with Crippen molar-refractivity contribution in [3.63, 3.8) is 0 Å². The van der Waals surface area contributed by atoms with E-state index in [0.29, 0.717) is 18.7 Å². The van der Waals surface area contributed by atoms with Crippen LogP contribution in [0.2, 0.25) is 0 Å². The number of hydrogen-bond acceptors (Lipinski definition) is 6. The second-order valence-electron chi connectivity index (χ2n) is 6.15. The van der Waals surface area contributed by atoms with Crippen LogP contribution in [0.3, 0.4) is 0 Å². The molecule has 0 aliphatic heterocycles. The fraction of sp³-hybridized carbons (Fsp3) is 0.412. The van der Waals surface area contributed by atoms with E-state index in [9.17, 15) is 14.7 Å². The van der Waals surface area contributed by atoms with Gasteiger partial charge in [0.15, 0.2) is 0 Å². The summed E-state index contributed by atoms with van der Waals surface area (Å²) in [7, 11) is 3.03. The van der Waals surface area contributed by atoms with Gasteiger partial charge in [-0.1, -0.05) is 6.07 Å². The topological polar surface area (TPSA) is 106 Å². The standard InChI is InChI=1S/C17H20N4O4/c1-21-15(23)6-4-13(20-21)17(24)19-16(11-7-12(22)8-11)10-3-5-14(25-2)18-9-10/h3-6,9,11-12,16,22H,7-8H2,1-2H3,(H,19,24)/t11?,12?,16-/m0/s1. The van der Waals surface area contributed by atoms with Crippen LogP contribution in [0.4, 0.5) is 0 Å². The maximum absolute atomic E-state index is 12.5. The van der Waals surface area contributed by atoms with Crippen LogP contribution >= 0.6 is 0 Å². The quantitative estimate of drug-likeness (QED) is 0.814. The summed E-state index contributed by atoms with van der Waals surface area (Å²) < 4.78 is 6.18. The third-order valence-corrected chi connectivity index (χ3v) is 4.43. The van der Waals surface area contributed by atoms with Gasteiger partial charge in [0.05, 0.1) is 19.3 Å². The van der Waals surface area contributed by atoms with Gasteiger partial charge in [-0.25, -0.2) is 9.67 Å². The van der Waals surface area contributed by atoms with E-state index in [1.807, 2.05) is 6.07 Å². The number of carbonyl (C=O) groups excluding carboxylic acids is 1. The number of nitrogens with zero attached hydrogens (tertiary/aromatic N) is 3. The Kier molecular flexibility index (Phi) is 4.80. The van der Waals surface area contributed by atoms with Crippen molar-refractivity contribution in [3.05, 3.63) is 52.1 Å². The number of nitrogens with one attached hydrogen (secondary N) is 1. The van der Waals surface area contributed by atoms with Crippen LogP contribution in [0.15, 0.2) is 35.3 Å². The van der Waals surface area contributed by atoms with Gasteiger partial charge in [0, 0.05) is 25.4 Å². The SMILES string of the molecule is COc1ccc([C@H](NC(=O)c2ccc(=O)n(C)n2)C2CC(O)C2)cn1. The van der Waals surface area contributed by atoms with Crippen LogP contribution in [0, 0.1) is 5.92 Å². The molecule has 3 rings (SSSR count). The minimum atomic E-state index is -0.377. The highest BCUT2D eigenvalue weighted by atomic mass is 16.5. The van der Waals surface area contributed by atoms with Crippen molar-refractivity contribution in [1.82, 2.24) is 20.1 Å². The fourth-order valence-corrected chi connectivity index (χ4v) is 2.91. The number of hydrogen-bond donors (Lipinski definition) is 2. The van der Waals surface area contributed by atoms with E-state index in [1.54, 1.807) is 12.3 Å². The van der Waals surface area contributed by atoms with E-state index in [-0.39, 0.29) is 35.2 Å². The molecule has 2 aromatic heterocycles. The minimum absolute atomic E-state index is 0.113. The molecule has 0 unspecified atom stereocenters. The lowest BCUT2D eigenvalue weighted by Gasteiger charge is -2.38. The molecule has 1 fully saturated rings. The molecule has 2 heterocycles. The molecule has 1 aliphatic rings. The number of rotatable bonds is 5. The van der Waals surface area contributed by atoms with E-state index in [0.717, 1.165) is 10.2 Å². The number of methoxy groups -OCH3 is 1. The van der Waals surface area contributed by atoms with Crippen LogP contribution in [0.25, 0.3) is 0 Å².